The van der Waals surface area contributed by atoms with Crippen LogP contribution in [0.1, 0.15) is 24.8 Å². The Hall–Kier alpha value is -1.26. The molecule has 3 aliphatic rings. The van der Waals surface area contributed by atoms with Crippen LogP contribution in [-0.4, -0.2) is 19.1 Å². The fourth-order valence-electron chi connectivity index (χ4n) is 3.83. The molecule has 5 heteroatoms. The van der Waals surface area contributed by atoms with Crippen LogP contribution in [0.4, 0.5) is 5.69 Å². The fourth-order valence-corrected chi connectivity index (χ4v) is 3.83. The van der Waals surface area contributed by atoms with Gasteiger partial charge in [0.05, 0.1) is 0 Å². The van der Waals surface area contributed by atoms with Gasteiger partial charge in [0, 0.05) is 30.3 Å². The molecular formula is C16H21ClN2O2. The van der Waals surface area contributed by atoms with Crippen LogP contribution in [0.25, 0.3) is 0 Å². The smallest absolute Gasteiger partial charge is 0.228 e. The normalized spacial score (nSPS) is 29.2. The number of nitrogens with one attached hydrogen (secondary N) is 2. The third kappa shape index (κ3) is 2.74. The van der Waals surface area contributed by atoms with E-state index < -0.39 is 0 Å². The summed E-state index contributed by atoms with van der Waals surface area (Å²) >= 11 is 0. The maximum absolute atomic E-state index is 12.3. The number of amides is 1. The fraction of sp³-hybridized carbons (Fsp3) is 0.562. The van der Waals surface area contributed by atoms with Crippen LogP contribution < -0.4 is 15.4 Å². The second-order valence-electron chi connectivity index (χ2n) is 6.12. The van der Waals surface area contributed by atoms with Crippen molar-refractivity contribution in [2.75, 3.05) is 18.5 Å². The molecule has 0 saturated heterocycles. The van der Waals surface area contributed by atoms with Gasteiger partial charge in [-0.3, -0.25) is 4.79 Å². The zero-order chi connectivity index (χ0) is 13.5. The highest BCUT2D eigenvalue weighted by atomic mass is 35.5. The van der Waals surface area contributed by atoms with Crippen LogP contribution in [0, 0.1) is 17.8 Å². The molecule has 2 atom stereocenters. The third-order valence-corrected chi connectivity index (χ3v) is 4.89. The van der Waals surface area contributed by atoms with Crippen LogP contribution in [0.5, 0.6) is 5.75 Å². The summed E-state index contributed by atoms with van der Waals surface area (Å²) in [4.78, 5) is 12.3. The van der Waals surface area contributed by atoms with Crippen LogP contribution >= 0.6 is 12.4 Å². The van der Waals surface area contributed by atoms with Crippen molar-refractivity contribution >= 4 is 24.0 Å². The number of halogens is 1. The van der Waals surface area contributed by atoms with E-state index >= 15 is 0 Å². The number of benzene rings is 1. The molecule has 2 saturated carbocycles. The molecule has 1 heterocycles. The number of anilines is 1. The molecule has 1 aromatic rings. The van der Waals surface area contributed by atoms with Gasteiger partial charge in [-0.25, -0.2) is 0 Å². The Bertz CT molecular complexity index is 539. The maximum atomic E-state index is 12.3. The quantitative estimate of drug-likeness (QED) is 0.883. The van der Waals surface area contributed by atoms with Crippen LogP contribution in [0.15, 0.2) is 18.2 Å². The van der Waals surface area contributed by atoms with Gasteiger partial charge in [-0.2, -0.15) is 0 Å². The Balaban J connectivity index is 0.00000132. The van der Waals surface area contributed by atoms with Gasteiger partial charge in [-0.15, -0.1) is 12.4 Å². The Kier molecular flexibility index (Phi) is 4.09. The third-order valence-electron chi connectivity index (χ3n) is 4.89. The first-order valence-electron chi connectivity index (χ1n) is 7.60. The molecule has 1 amide bonds. The minimum absolute atomic E-state index is 0. The zero-order valence-corrected chi connectivity index (χ0v) is 12.7. The molecule has 21 heavy (non-hydrogen) atoms. The summed E-state index contributed by atoms with van der Waals surface area (Å²) in [5.74, 6) is 2.75. The molecule has 2 fully saturated rings. The first kappa shape index (κ1) is 14.7. The van der Waals surface area contributed by atoms with E-state index in [9.17, 15) is 4.79 Å². The van der Waals surface area contributed by atoms with E-state index in [0.29, 0.717) is 18.4 Å². The predicted molar refractivity (Wildman–Crippen MR) is 83.8 cm³/mol. The number of hydrogen-bond donors (Lipinski definition) is 2. The van der Waals surface area contributed by atoms with Crippen LogP contribution in [-0.2, 0) is 11.3 Å². The number of hydrogen-bond acceptors (Lipinski definition) is 3. The van der Waals surface area contributed by atoms with E-state index in [-0.39, 0.29) is 24.2 Å². The Labute approximate surface area is 131 Å². The Morgan fingerprint density at radius 1 is 1.29 bits per heavy atom. The highest BCUT2D eigenvalue weighted by molar-refractivity contribution is 5.95. The van der Waals surface area contributed by atoms with Crippen molar-refractivity contribution < 1.29 is 9.53 Å². The summed E-state index contributed by atoms with van der Waals surface area (Å²) in [6, 6.07) is 5.94. The number of fused-ring (bicyclic) bond motifs is 2. The molecule has 2 N–H and O–H groups in total. The lowest BCUT2D eigenvalue weighted by molar-refractivity contribution is -0.118. The van der Waals surface area contributed by atoms with Gasteiger partial charge in [0.25, 0.3) is 0 Å². The summed E-state index contributed by atoms with van der Waals surface area (Å²) in [6.45, 7) is 2.36. The Morgan fingerprint density at radius 2 is 2.10 bits per heavy atom. The molecule has 1 aromatic carbocycles. The van der Waals surface area contributed by atoms with E-state index in [0.717, 1.165) is 30.1 Å². The van der Waals surface area contributed by atoms with Gasteiger partial charge in [-0.1, -0.05) is 6.42 Å². The second-order valence-corrected chi connectivity index (χ2v) is 6.12. The molecule has 2 aliphatic carbocycles. The van der Waals surface area contributed by atoms with E-state index in [1.54, 1.807) is 0 Å². The van der Waals surface area contributed by atoms with Gasteiger partial charge in [-0.05, 0) is 42.9 Å². The molecule has 1 aliphatic heterocycles. The summed E-state index contributed by atoms with van der Waals surface area (Å²) < 4.78 is 5.65. The standard InChI is InChI=1S/C16H20N2O2.ClH/c19-16(15-12-2-1-3-13(12)15)18-11-4-5-14-10(8-11)9-17-6-7-20-14;/h4-5,8,12-13,15,17H,1-3,6-7,9H2,(H,18,19);1H. The van der Waals surface area contributed by atoms with Gasteiger partial charge < -0.3 is 15.4 Å². The van der Waals surface area contributed by atoms with Crippen molar-refractivity contribution in [3.63, 3.8) is 0 Å². The van der Waals surface area contributed by atoms with E-state index in [1.807, 2.05) is 18.2 Å². The van der Waals surface area contributed by atoms with Gasteiger partial charge >= 0.3 is 0 Å². The summed E-state index contributed by atoms with van der Waals surface area (Å²) in [5.41, 5.74) is 2.02. The molecule has 0 spiro atoms. The lowest BCUT2D eigenvalue weighted by Gasteiger charge is -2.11. The molecule has 0 aromatic heterocycles. The molecule has 4 nitrogen and oxygen atoms in total. The minimum Gasteiger partial charge on any atom is -0.492 e. The highest BCUT2D eigenvalue weighted by Gasteiger charge is 2.56. The van der Waals surface area contributed by atoms with E-state index in [4.69, 9.17) is 4.74 Å². The summed E-state index contributed by atoms with van der Waals surface area (Å²) in [6.07, 6.45) is 3.79. The molecular weight excluding hydrogens is 288 g/mol. The first-order chi connectivity index (χ1) is 9.83. The second kappa shape index (κ2) is 5.85. The van der Waals surface area contributed by atoms with Crippen molar-refractivity contribution in [3.8, 4) is 5.75 Å². The van der Waals surface area contributed by atoms with Crippen molar-refractivity contribution in [3.05, 3.63) is 23.8 Å². The van der Waals surface area contributed by atoms with Crippen LogP contribution in [0.2, 0.25) is 0 Å². The largest absolute Gasteiger partial charge is 0.492 e. The lowest BCUT2D eigenvalue weighted by atomic mass is 10.1. The predicted octanol–water partition coefficient (Wildman–Crippen LogP) is 2.58. The number of ether oxygens (including phenoxy) is 1. The highest BCUT2D eigenvalue weighted by Crippen LogP contribution is 2.57. The summed E-state index contributed by atoms with van der Waals surface area (Å²) in [5, 5.41) is 6.39. The average Bonchev–Trinajstić information content (AvgIpc) is 3.04. The van der Waals surface area contributed by atoms with Crippen LogP contribution in [0.3, 0.4) is 0 Å². The maximum Gasteiger partial charge on any atom is 0.228 e. The van der Waals surface area contributed by atoms with Gasteiger partial charge in [0.15, 0.2) is 0 Å². The molecule has 114 valence electrons. The van der Waals surface area contributed by atoms with Gasteiger partial charge in [0.2, 0.25) is 5.91 Å². The summed E-state index contributed by atoms with van der Waals surface area (Å²) in [7, 11) is 0. The molecule has 0 radical (unpaired) electrons. The van der Waals surface area contributed by atoms with Crippen molar-refractivity contribution in [1.29, 1.82) is 0 Å². The molecule has 0 bridgehead atoms. The van der Waals surface area contributed by atoms with E-state index in [1.165, 1.54) is 19.3 Å². The lowest BCUT2D eigenvalue weighted by Crippen LogP contribution is -2.17. The number of carbonyl (C=O) groups is 1. The van der Waals surface area contributed by atoms with E-state index in [2.05, 4.69) is 10.6 Å². The SMILES string of the molecule is Cl.O=C(Nc1ccc2c(c1)CNCCO2)C1C2CCCC21. The van der Waals surface area contributed by atoms with Crippen molar-refractivity contribution in [1.82, 2.24) is 5.32 Å². The number of rotatable bonds is 2. The molecule has 2 unspecified atom stereocenters. The average molecular weight is 309 g/mol. The molecule has 4 rings (SSSR count). The zero-order valence-electron chi connectivity index (χ0n) is 11.9. The first-order valence-corrected chi connectivity index (χ1v) is 7.60. The number of carbonyl (C=O) groups excluding carboxylic acids is 1. The van der Waals surface area contributed by atoms with Gasteiger partial charge in [0.1, 0.15) is 12.4 Å². The Morgan fingerprint density at radius 3 is 2.90 bits per heavy atom. The topological polar surface area (TPSA) is 50.4 Å². The van der Waals surface area contributed by atoms with Crippen molar-refractivity contribution in [2.24, 2.45) is 17.8 Å². The monoisotopic (exact) mass is 308 g/mol. The minimum atomic E-state index is 0. The van der Waals surface area contributed by atoms with Crippen molar-refractivity contribution in [2.45, 2.75) is 25.8 Å².